The lowest BCUT2D eigenvalue weighted by molar-refractivity contribution is 0.0697. The Morgan fingerprint density at radius 1 is 1.59 bits per heavy atom. The van der Waals surface area contributed by atoms with E-state index in [0.29, 0.717) is 6.04 Å². The minimum atomic E-state index is -0.993. The molecule has 0 spiro atoms. The van der Waals surface area contributed by atoms with Crippen molar-refractivity contribution in [2.45, 2.75) is 32.2 Å². The summed E-state index contributed by atoms with van der Waals surface area (Å²) in [7, 11) is 0. The van der Waals surface area contributed by atoms with Gasteiger partial charge in [-0.1, -0.05) is 24.4 Å². The molecule has 0 aliphatic heterocycles. The second-order valence-corrected chi connectivity index (χ2v) is 5.13. The van der Waals surface area contributed by atoms with Crippen LogP contribution < -0.4 is 5.32 Å². The van der Waals surface area contributed by atoms with Gasteiger partial charge in [0.1, 0.15) is 0 Å². The van der Waals surface area contributed by atoms with Gasteiger partial charge in [-0.3, -0.25) is 0 Å². The topological polar surface area (TPSA) is 49.3 Å². The van der Waals surface area contributed by atoms with E-state index in [9.17, 15) is 4.79 Å². The molecular weight excluding hydrogens is 238 g/mol. The quantitative estimate of drug-likeness (QED) is 0.842. The third-order valence-electron chi connectivity index (χ3n) is 3.00. The first-order valence-corrected chi connectivity index (χ1v) is 6.23. The summed E-state index contributed by atoms with van der Waals surface area (Å²) in [6, 6.07) is 5.37. The molecule has 1 aromatic carbocycles. The monoisotopic (exact) mass is 253 g/mol. The van der Waals surface area contributed by atoms with Gasteiger partial charge < -0.3 is 10.4 Å². The molecule has 1 aromatic rings. The lowest BCUT2D eigenvalue weighted by atomic mass is 10.1. The van der Waals surface area contributed by atoms with Crippen LogP contribution in [-0.2, 0) is 0 Å². The number of carbonyl (C=O) groups is 1. The van der Waals surface area contributed by atoms with Gasteiger partial charge in [-0.2, -0.15) is 0 Å². The Bertz CT molecular complexity index is 429. The van der Waals surface area contributed by atoms with E-state index in [0.717, 1.165) is 18.0 Å². The van der Waals surface area contributed by atoms with E-state index in [1.807, 2.05) is 0 Å². The lowest BCUT2D eigenvalue weighted by Gasteiger charge is -2.15. The number of rotatable bonds is 5. The predicted octanol–water partition coefficient (Wildman–Crippen LogP) is 3.64. The fourth-order valence-corrected chi connectivity index (χ4v) is 2.24. The maximum absolute atomic E-state index is 10.8. The molecule has 0 saturated heterocycles. The van der Waals surface area contributed by atoms with Gasteiger partial charge in [-0.25, -0.2) is 4.79 Å². The van der Waals surface area contributed by atoms with E-state index in [-0.39, 0.29) is 10.6 Å². The highest BCUT2D eigenvalue weighted by Crippen LogP contribution is 2.34. The molecule has 0 amide bonds. The molecule has 1 saturated carbocycles. The second-order valence-electron chi connectivity index (χ2n) is 4.72. The van der Waals surface area contributed by atoms with Crippen molar-refractivity contribution in [2.75, 3.05) is 5.32 Å². The SMILES string of the molecule is CC(CC1CC1)Nc1ccc(C(=O)O)c(Cl)c1. The first kappa shape index (κ1) is 12.2. The van der Waals surface area contributed by atoms with Crippen LogP contribution in [0.1, 0.15) is 36.5 Å². The second kappa shape index (κ2) is 4.96. The van der Waals surface area contributed by atoms with E-state index in [1.54, 1.807) is 12.1 Å². The number of nitrogens with one attached hydrogen (secondary N) is 1. The van der Waals surface area contributed by atoms with Crippen LogP contribution in [0.15, 0.2) is 18.2 Å². The number of halogens is 1. The zero-order valence-corrected chi connectivity index (χ0v) is 10.5. The Kier molecular flexibility index (Phi) is 3.57. The third-order valence-corrected chi connectivity index (χ3v) is 3.31. The molecule has 1 atom stereocenters. The van der Waals surface area contributed by atoms with Crippen molar-refractivity contribution < 1.29 is 9.90 Å². The maximum atomic E-state index is 10.8. The molecule has 1 unspecified atom stereocenters. The van der Waals surface area contributed by atoms with Crippen LogP contribution in [-0.4, -0.2) is 17.1 Å². The molecule has 2 rings (SSSR count). The maximum Gasteiger partial charge on any atom is 0.337 e. The van der Waals surface area contributed by atoms with Crippen LogP contribution in [0, 0.1) is 5.92 Å². The molecule has 17 heavy (non-hydrogen) atoms. The summed E-state index contributed by atoms with van der Waals surface area (Å²) in [5.41, 5.74) is 1.03. The molecule has 92 valence electrons. The number of aromatic carboxylic acids is 1. The first-order chi connectivity index (χ1) is 8.06. The normalized spacial score (nSPS) is 16.6. The zero-order chi connectivity index (χ0) is 12.4. The molecule has 1 aliphatic rings. The number of carboxylic acid groups (broad SMARTS) is 1. The third kappa shape index (κ3) is 3.37. The summed E-state index contributed by atoms with van der Waals surface area (Å²) in [4.78, 5) is 10.8. The van der Waals surface area contributed by atoms with Crippen molar-refractivity contribution >= 4 is 23.3 Å². The van der Waals surface area contributed by atoms with Gasteiger partial charge in [0.05, 0.1) is 10.6 Å². The van der Waals surface area contributed by atoms with Crippen LogP contribution in [0.4, 0.5) is 5.69 Å². The van der Waals surface area contributed by atoms with Crippen molar-refractivity contribution in [3.8, 4) is 0 Å². The summed E-state index contributed by atoms with van der Waals surface area (Å²) < 4.78 is 0. The molecule has 3 nitrogen and oxygen atoms in total. The Morgan fingerprint density at radius 3 is 2.82 bits per heavy atom. The summed E-state index contributed by atoms with van der Waals surface area (Å²) in [6.07, 6.45) is 3.84. The highest BCUT2D eigenvalue weighted by Gasteiger charge is 2.23. The Hall–Kier alpha value is -1.22. The Morgan fingerprint density at radius 2 is 2.29 bits per heavy atom. The molecule has 0 aromatic heterocycles. The highest BCUT2D eigenvalue weighted by molar-refractivity contribution is 6.33. The van der Waals surface area contributed by atoms with Crippen LogP contribution in [0.2, 0.25) is 5.02 Å². The van der Waals surface area contributed by atoms with Crippen LogP contribution in [0.5, 0.6) is 0 Å². The zero-order valence-electron chi connectivity index (χ0n) is 9.74. The minimum Gasteiger partial charge on any atom is -0.478 e. The smallest absolute Gasteiger partial charge is 0.337 e. The lowest BCUT2D eigenvalue weighted by Crippen LogP contribution is -2.15. The first-order valence-electron chi connectivity index (χ1n) is 5.85. The summed E-state index contributed by atoms with van der Waals surface area (Å²) in [6.45, 7) is 2.14. The van der Waals surface area contributed by atoms with Gasteiger partial charge in [0.2, 0.25) is 0 Å². The molecule has 0 bridgehead atoms. The molecule has 1 fully saturated rings. The van der Waals surface area contributed by atoms with Crippen molar-refractivity contribution in [1.82, 2.24) is 0 Å². The molecular formula is C13H16ClNO2. The van der Waals surface area contributed by atoms with Crippen molar-refractivity contribution in [3.05, 3.63) is 28.8 Å². The molecule has 0 heterocycles. The van der Waals surface area contributed by atoms with E-state index in [4.69, 9.17) is 16.7 Å². The van der Waals surface area contributed by atoms with Crippen molar-refractivity contribution in [2.24, 2.45) is 5.92 Å². The largest absolute Gasteiger partial charge is 0.478 e. The Balaban J connectivity index is 2.00. The molecule has 4 heteroatoms. The van der Waals surface area contributed by atoms with E-state index >= 15 is 0 Å². The van der Waals surface area contributed by atoms with Gasteiger partial charge in [0, 0.05) is 11.7 Å². The van der Waals surface area contributed by atoms with Crippen LogP contribution >= 0.6 is 11.6 Å². The summed E-state index contributed by atoms with van der Waals surface area (Å²) in [5.74, 6) is -0.126. The van der Waals surface area contributed by atoms with Crippen molar-refractivity contribution in [3.63, 3.8) is 0 Å². The van der Waals surface area contributed by atoms with Crippen LogP contribution in [0.3, 0.4) is 0 Å². The van der Waals surface area contributed by atoms with Crippen LogP contribution in [0.25, 0.3) is 0 Å². The standard InChI is InChI=1S/C13H16ClNO2/c1-8(6-9-2-3-9)15-10-4-5-11(13(16)17)12(14)7-10/h4-5,7-9,15H,2-3,6H2,1H3,(H,16,17). The van der Waals surface area contributed by atoms with E-state index < -0.39 is 5.97 Å². The van der Waals surface area contributed by atoms with Crippen molar-refractivity contribution in [1.29, 1.82) is 0 Å². The van der Waals surface area contributed by atoms with Gasteiger partial charge in [-0.05, 0) is 37.5 Å². The number of hydrogen-bond acceptors (Lipinski definition) is 2. The Labute approximate surface area is 106 Å². The molecule has 2 N–H and O–H groups in total. The van der Waals surface area contributed by atoms with Gasteiger partial charge in [-0.15, -0.1) is 0 Å². The average molecular weight is 254 g/mol. The number of carboxylic acids is 1. The summed E-state index contributed by atoms with van der Waals surface area (Å²) >= 11 is 5.91. The number of anilines is 1. The minimum absolute atomic E-state index is 0.145. The fourth-order valence-electron chi connectivity index (χ4n) is 1.98. The molecule has 0 radical (unpaired) electrons. The van der Waals surface area contributed by atoms with E-state index in [1.165, 1.54) is 18.9 Å². The highest BCUT2D eigenvalue weighted by atomic mass is 35.5. The van der Waals surface area contributed by atoms with Gasteiger partial charge in [0.25, 0.3) is 0 Å². The van der Waals surface area contributed by atoms with Gasteiger partial charge in [0.15, 0.2) is 0 Å². The summed E-state index contributed by atoms with van der Waals surface area (Å²) in [5, 5.41) is 12.5. The molecule has 1 aliphatic carbocycles. The average Bonchev–Trinajstić information content (AvgIpc) is 3.00. The van der Waals surface area contributed by atoms with E-state index in [2.05, 4.69) is 12.2 Å². The number of hydrogen-bond donors (Lipinski definition) is 2. The predicted molar refractivity (Wildman–Crippen MR) is 68.8 cm³/mol. The number of benzene rings is 1. The fraction of sp³-hybridized carbons (Fsp3) is 0.462. The van der Waals surface area contributed by atoms with Gasteiger partial charge >= 0.3 is 5.97 Å².